The van der Waals surface area contributed by atoms with Gasteiger partial charge in [-0.25, -0.2) is 8.78 Å². The number of amides is 1. The van der Waals surface area contributed by atoms with Crippen molar-refractivity contribution in [2.75, 3.05) is 11.1 Å². The number of thioether (sulfide) groups is 1. The average molecular weight is 361 g/mol. The van der Waals surface area contributed by atoms with Crippen molar-refractivity contribution >= 4 is 23.4 Å². The van der Waals surface area contributed by atoms with Crippen molar-refractivity contribution in [3.8, 4) is 11.5 Å². The quantitative estimate of drug-likeness (QED) is 0.694. The van der Waals surface area contributed by atoms with Crippen LogP contribution in [0, 0.1) is 18.6 Å². The van der Waals surface area contributed by atoms with Gasteiger partial charge in [-0.1, -0.05) is 17.8 Å². The monoisotopic (exact) mass is 361 g/mol. The molecule has 0 unspecified atom stereocenters. The van der Waals surface area contributed by atoms with E-state index in [1.54, 1.807) is 13.0 Å². The Morgan fingerprint density at radius 2 is 1.92 bits per heavy atom. The molecule has 25 heavy (non-hydrogen) atoms. The van der Waals surface area contributed by atoms with Crippen LogP contribution in [-0.4, -0.2) is 21.9 Å². The molecular weight excluding hydrogens is 348 g/mol. The molecule has 0 aliphatic heterocycles. The largest absolute Gasteiger partial charge is 0.411 e. The summed E-state index contributed by atoms with van der Waals surface area (Å²) in [6, 6.07) is 10.2. The maximum Gasteiger partial charge on any atom is 0.277 e. The van der Waals surface area contributed by atoms with Crippen LogP contribution in [0.4, 0.5) is 14.5 Å². The van der Waals surface area contributed by atoms with Crippen LogP contribution >= 0.6 is 11.8 Å². The zero-order valence-electron chi connectivity index (χ0n) is 13.1. The summed E-state index contributed by atoms with van der Waals surface area (Å²) in [4.78, 5) is 11.9. The molecule has 0 saturated carbocycles. The van der Waals surface area contributed by atoms with Crippen LogP contribution in [-0.2, 0) is 4.79 Å². The van der Waals surface area contributed by atoms with Gasteiger partial charge >= 0.3 is 0 Å². The molecular formula is C17H13F2N3O2S. The Hall–Kier alpha value is -2.74. The lowest BCUT2D eigenvalue weighted by molar-refractivity contribution is -0.113. The first-order chi connectivity index (χ1) is 12.0. The van der Waals surface area contributed by atoms with Crippen molar-refractivity contribution in [3.63, 3.8) is 0 Å². The van der Waals surface area contributed by atoms with E-state index in [9.17, 15) is 13.6 Å². The average Bonchev–Trinajstić information content (AvgIpc) is 3.05. The summed E-state index contributed by atoms with van der Waals surface area (Å²) in [6.07, 6.45) is 0. The lowest BCUT2D eigenvalue weighted by Crippen LogP contribution is -2.15. The molecule has 3 rings (SSSR count). The number of aryl methyl sites for hydroxylation is 1. The Kier molecular flexibility index (Phi) is 5.08. The second kappa shape index (κ2) is 7.43. The van der Waals surface area contributed by atoms with E-state index < -0.39 is 11.7 Å². The second-order valence-electron chi connectivity index (χ2n) is 5.20. The summed E-state index contributed by atoms with van der Waals surface area (Å²) < 4.78 is 32.0. The van der Waals surface area contributed by atoms with Crippen LogP contribution in [0.3, 0.4) is 0 Å². The summed E-state index contributed by atoms with van der Waals surface area (Å²) in [5, 5.41) is 10.4. The molecule has 0 saturated heterocycles. The highest BCUT2D eigenvalue weighted by Crippen LogP contribution is 2.23. The number of anilines is 1. The zero-order valence-corrected chi connectivity index (χ0v) is 13.9. The van der Waals surface area contributed by atoms with Gasteiger partial charge in [0.25, 0.3) is 5.22 Å². The third-order valence-electron chi connectivity index (χ3n) is 3.22. The zero-order chi connectivity index (χ0) is 17.8. The van der Waals surface area contributed by atoms with Crippen molar-refractivity contribution < 1.29 is 18.0 Å². The Bertz CT molecular complexity index is 897. The second-order valence-corrected chi connectivity index (χ2v) is 6.13. The number of hydrogen-bond donors (Lipinski definition) is 1. The number of aromatic nitrogens is 2. The van der Waals surface area contributed by atoms with Crippen LogP contribution in [0.5, 0.6) is 0 Å². The fourth-order valence-corrected chi connectivity index (χ4v) is 2.58. The molecule has 0 spiro atoms. The molecule has 8 heteroatoms. The van der Waals surface area contributed by atoms with Gasteiger partial charge in [0.15, 0.2) is 0 Å². The van der Waals surface area contributed by atoms with Crippen LogP contribution in [0.1, 0.15) is 5.56 Å². The van der Waals surface area contributed by atoms with Crippen molar-refractivity contribution in [1.82, 2.24) is 10.2 Å². The summed E-state index contributed by atoms with van der Waals surface area (Å²) in [5.41, 5.74) is 1.46. The lowest BCUT2D eigenvalue weighted by atomic mass is 10.2. The predicted molar refractivity (Wildman–Crippen MR) is 90.2 cm³/mol. The molecule has 0 aliphatic rings. The molecule has 0 bridgehead atoms. The van der Waals surface area contributed by atoms with Gasteiger partial charge in [-0.15, -0.1) is 10.2 Å². The highest BCUT2D eigenvalue weighted by molar-refractivity contribution is 7.99. The summed E-state index contributed by atoms with van der Waals surface area (Å²) >= 11 is 1.03. The minimum atomic E-state index is -0.491. The van der Waals surface area contributed by atoms with E-state index in [4.69, 9.17) is 4.42 Å². The van der Waals surface area contributed by atoms with Gasteiger partial charge in [0.05, 0.1) is 11.4 Å². The highest BCUT2D eigenvalue weighted by Gasteiger charge is 2.12. The van der Waals surface area contributed by atoms with Gasteiger partial charge < -0.3 is 9.73 Å². The van der Waals surface area contributed by atoms with E-state index >= 15 is 0 Å². The summed E-state index contributed by atoms with van der Waals surface area (Å²) in [6.45, 7) is 1.76. The van der Waals surface area contributed by atoms with Gasteiger partial charge in [-0.05, 0) is 48.9 Å². The first-order valence-electron chi connectivity index (χ1n) is 7.29. The molecule has 2 aromatic carbocycles. The van der Waals surface area contributed by atoms with Crippen molar-refractivity contribution in [1.29, 1.82) is 0 Å². The Labute approximate surface area is 146 Å². The van der Waals surface area contributed by atoms with Gasteiger partial charge in [0.2, 0.25) is 11.8 Å². The first kappa shape index (κ1) is 17.1. The molecule has 1 heterocycles. The van der Waals surface area contributed by atoms with E-state index in [1.165, 1.54) is 36.4 Å². The van der Waals surface area contributed by atoms with E-state index in [-0.39, 0.29) is 28.4 Å². The Balaban J connectivity index is 1.58. The molecule has 5 nitrogen and oxygen atoms in total. The van der Waals surface area contributed by atoms with E-state index in [1.807, 2.05) is 0 Å². The molecule has 0 fully saturated rings. The van der Waals surface area contributed by atoms with Gasteiger partial charge in [-0.2, -0.15) is 0 Å². The fraction of sp³-hybridized carbons (Fsp3) is 0.118. The van der Waals surface area contributed by atoms with E-state index in [2.05, 4.69) is 15.5 Å². The van der Waals surface area contributed by atoms with Crippen molar-refractivity contribution in [3.05, 3.63) is 59.7 Å². The molecule has 1 amide bonds. The molecule has 0 atom stereocenters. The normalized spacial score (nSPS) is 10.7. The van der Waals surface area contributed by atoms with Crippen LogP contribution in [0.15, 0.2) is 52.1 Å². The highest BCUT2D eigenvalue weighted by atomic mass is 32.2. The van der Waals surface area contributed by atoms with E-state index in [0.717, 1.165) is 17.3 Å². The Morgan fingerprint density at radius 3 is 2.64 bits per heavy atom. The van der Waals surface area contributed by atoms with Gasteiger partial charge in [0, 0.05) is 5.56 Å². The smallest absolute Gasteiger partial charge is 0.277 e. The summed E-state index contributed by atoms with van der Waals surface area (Å²) in [7, 11) is 0. The number of nitrogens with zero attached hydrogens (tertiary/aromatic N) is 2. The van der Waals surface area contributed by atoms with Gasteiger partial charge in [0.1, 0.15) is 11.6 Å². The molecule has 1 N–H and O–H groups in total. The van der Waals surface area contributed by atoms with E-state index in [0.29, 0.717) is 5.56 Å². The standard InChI is InChI=1S/C17H13F2N3O2S/c1-10-2-7-14(13(19)8-10)20-15(23)9-25-17-22-21-16(24-17)11-3-5-12(18)6-4-11/h2-8H,9H2,1H3,(H,20,23). The predicted octanol–water partition coefficient (Wildman–Crippen LogP) is 4.05. The number of rotatable bonds is 5. The van der Waals surface area contributed by atoms with Crippen molar-refractivity contribution in [2.45, 2.75) is 12.1 Å². The molecule has 0 radical (unpaired) electrons. The fourth-order valence-electron chi connectivity index (χ4n) is 2.01. The SMILES string of the molecule is Cc1ccc(NC(=O)CSc2nnc(-c3ccc(F)cc3)o2)c(F)c1. The maximum absolute atomic E-state index is 13.7. The minimum absolute atomic E-state index is 0.0155. The first-order valence-corrected chi connectivity index (χ1v) is 8.28. The number of nitrogens with one attached hydrogen (secondary N) is 1. The number of carbonyl (C=O) groups is 1. The Morgan fingerprint density at radius 1 is 1.16 bits per heavy atom. The molecule has 1 aromatic heterocycles. The topological polar surface area (TPSA) is 68.0 Å². The van der Waals surface area contributed by atoms with Gasteiger partial charge in [-0.3, -0.25) is 4.79 Å². The van der Waals surface area contributed by atoms with Crippen LogP contribution in [0.2, 0.25) is 0 Å². The van der Waals surface area contributed by atoms with Crippen LogP contribution < -0.4 is 5.32 Å². The number of carbonyl (C=O) groups excluding carboxylic acids is 1. The van der Waals surface area contributed by atoms with Crippen LogP contribution in [0.25, 0.3) is 11.5 Å². The third kappa shape index (κ3) is 4.42. The van der Waals surface area contributed by atoms with Crippen molar-refractivity contribution in [2.24, 2.45) is 0 Å². The number of benzene rings is 2. The molecule has 128 valence electrons. The molecule has 0 aliphatic carbocycles. The number of hydrogen-bond acceptors (Lipinski definition) is 5. The molecule has 3 aromatic rings. The maximum atomic E-state index is 13.7. The summed E-state index contributed by atoms with van der Waals surface area (Å²) in [5.74, 6) is -1.03. The third-order valence-corrected chi connectivity index (χ3v) is 4.04. The minimum Gasteiger partial charge on any atom is -0.411 e. The lowest BCUT2D eigenvalue weighted by Gasteiger charge is -2.05. The number of halogens is 2.